The van der Waals surface area contributed by atoms with E-state index in [1.165, 1.54) is 7.11 Å². The molecule has 1 amide bonds. The predicted octanol–water partition coefficient (Wildman–Crippen LogP) is 3.38. The summed E-state index contributed by atoms with van der Waals surface area (Å²) < 4.78 is 10.8. The minimum Gasteiger partial charge on any atom is -0.496 e. The van der Waals surface area contributed by atoms with Gasteiger partial charge < -0.3 is 30.9 Å². The minimum absolute atomic E-state index is 0.177. The number of rotatable bonds is 9. The second-order valence-corrected chi connectivity index (χ2v) is 8.92. The van der Waals surface area contributed by atoms with Crippen LogP contribution < -0.4 is 20.9 Å². The molecule has 0 aliphatic carbocycles. The van der Waals surface area contributed by atoms with Gasteiger partial charge in [-0.25, -0.2) is 0 Å². The van der Waals surface area contributed by atoms with Crippen molar-refractivity contribution in [1.82, 2.24) is 4.90 Å². The van der Waals surface area contributed by atoms with E-state index >= 15 is 0 Å². The van der Waals surface area contributed by atoms with E-state index in [1.807, 2.05) is 0 Å². The van der Waals surface area contributed by atoms with E-state index in [1.54, 1.807) is 30.3 Å². The van der Waals surface area contributed by atoms with Crippen LogP contribution in [0.4, 0.5) is 5.69 Å². The summed E-state index contributed by atoms with van der Waals surface area (Å²) in [5, 5.41) is 11.2. The van der Waals surface area contributed by atoms with Crippen LogP contribution in [0.25, 0.3) is 0 Å². The number of piperidine rings is 1. The number of methoxy groups -OCH3 is 1. The smallest absolute Gasteiger partial charge is 0.252 e. The first-order chi connectivity index (χ1) is 15.3. The van der Waals surface area contributed by atoms with E-state index in [9.17, 15) is 9.90 Å². The highest BCUT2D eigenvalue weighted by Crippen LogP contribution is 2.30. The second kappa shape index (κ2) is 11.1. The Morgan fingerprint density at radius 2 is 1.94 bits per heavy atom. The van der Waals surface area contributed by atoms with Gasteiger partial charge in [0.25, 0.3) is 5.91 Å². The van der Waals surface area contributed by atoms with Gasteiger partial charge in [-0.05, 0) is 62.0 Å². The van der Waals surface area contributed by atoms with Crippen molar-refractivity contribution >= 4 is 34.8 Å². The average molecular weight is 482 g/mol. The van der Waals surface area contributed by atoms with Crippen LogP contribution in [0.1, 0.15) is 28.8 Å². The van der Waals surface area contributed by atoms with Crippen molar-refractivity contribution in [1.29, 1.82) is 0 Å². The fourth-order valence-corrected chi connectivity index (χ4v) is 4.26. The normalized spacial score (nSPS) is 16.0. The zero-order valence-corrected chi connectivity index (χ0v) is 19.5. The number of aliphatic hydroxyl groups is 1. The third-order valence-corrected chi connectivity index (χ3v) is 6.48. The summed E-state index contributed by atoms with van der Waals surface area (Å²) in [6, 6.07) is 8.43. The molecule has 1 fully saturated rings. The summed E-state index contributed by atoms with van der Waals surface area (Å²) in [5.41, 5.74) is 13.5. The maximum Gasteiger partial charge on any atom is 0.252 e. The van der Waals surface area contributed by atoms with Gasteiger partial charge in [-0.3, -0.25) is 4.79 Å². The molecule has 0 spiro atoms. The fourth-order valence-electron chi connectivity index (χ4n) is 3.97. The first-order valence-corrected chi connectivity index (χ1v) is 11.3. The monoisotopic (exact) mass is 481 g/mol. The van der Waals surface area contributed by atoms with Crippen LogP contribution in [-0.2, 0) is 6.42 Å². The van der Waals surface area contributed by atoms with Crippen LogP contribution in [0.2, 0.25) is 10.0 Å². The van der Waals surface area contributed by atoms with Crippen LogP contribution in [0.5, 0.6) is 11.5 Å². The number of nitrogens with zero attached hydrogens (tertiary/aromatic N) is 1. The summed E-state index contributed by atoms with van der Waals surface area (Å²) in [6.45, 7) is 2.45. The number of nitrogens with two attached hydrogens (primary N) is 2. The number of β-amino-alcohol motifs (C(OH)–C–C–N with tert-alkyl or cyclic N) is 1. The molecule has 1 saturated heterocycles. The number of benzene rings is 2. The number of amides is 1. The number of ether oxygens (including phenoxy) is 2. The van der Waals surface area contributed by atoms with Crippen molar-refractivity contribution < 1.29 is 19.4 Å². The van der Waals surface area contributed by atoms with Gasteiger partial charge in [0.15, 0.2) is 0 Å². The highest BCUT2D eigenvalue weighted by Gasteiger charge is 2.23. The summed E-state index contributed by atoms with van der Waals surface area (Å²) in [4.78, 5) is 13.9. The lowest BCUT2D eigenvalue weighted by atomic mass is 9.88. The zero-order valence-electron chi connectivity index (χ0n) is 18.0. The quantitative estimate of drug-likeness (QED) is 0.473. The van der Waals surface area contributed by atoms with Gasteiger partial charge in [0.05, 0.1) is 22.7 Å². The molecule has 7 nitrogen and oxygen atoms in total. The van der Waals surface area contributed by atoms with Gasteiger partial charge >= 0.3 is 0 Å². The van der Waals surface area contributed by atoms with E-state index in [0.29, 0.717) is 45.3 Å². The molecule has 5 N–H and O–H groups in total. The Kier molecular flexibility index (Phi) is 8.48. The lowest BCUT2D eigenvalue weighted by Crippen LogP contribution is -2.41. The molecule has 1 aliphatic rings. The van der Waals surface area contributed by atoms with Gasteiger partial charge in [0.1, 0.15) is 24.2 Å². The fraction of sp³-hybridized carbons (Fsp3) is 0.435. The van der Waals surface area contributed by atoms with Gasteiger partial charge in [-0.15, -0.1) is 0 Å². The third-order valence-electron chi connectivity index (χ3n) is 5.74. The predicted molar refractivity (Wildman–Crippen MR) is 127 cm³/mol. The number of hydrogen-bond acceptors (Lipinski definition) is 6. The van der Waals surface area contributed by atoms with Crippen LogP contribution in [0.3, 0.4) is 0 Å². The highest BCUT2D eigenvalue weighted by molar-refractivity contribution is 6.42. The summed E-state index contributed by atoms with van der Waals surface area (Å²) >= 11 is 11.9. The molecule has 0 bridgehead atoms. The lowest BCUT2D eigenvalue weighted by molar-refractivity contribution is 0.0551. The molecule has 1 unspecified atom stereocenters. The Balaban J connectivity index is 1.47. The van der Waals surface area contributed by atoms with E-state index in [0.717, 1.165) is 37.9 Å². The molecule has 1 aliphatic heterocycles. The molecule has 1 atom stereocenters. The van der Waals surface area contributed by atoms with Crippen LogP contribution in [0.15, 0.2) is 30.3 Å². The molecule has 32 heavy (non-hydrogen) atoms. The van der Waals surface area contributed by atoms with Crippen molar-refractivity contribution in [2.75, 3.05) is 39.1 Å². The molecular formula is C23H29Cl2N3O4. The zero-order chi connectivity index (χ0) is 23.3. The molecule has 2 aromatic carbocycles. The Hall–Kier alpha value is -2.19. The van der Waals surface area contributed by atoms with Crippen LogP contribution >= 0.6 is 23.2 Å². The number of aliphatic hydroxyl groups excluding tert-OH is 1. The summed E-state index contributed by atoms with van der Waals surface area (Å²) in [5.74, 6) is 0.873. The molecule has 174 valence electrons. The Labute approximate surface area is 198 Å². The molecule has 9 heteroatoms. The number of likely N-dealkylation sites (tertiary alicyclic amines) is 1. The van der Waals surface area contributed by atoms with Crippen molar-refractivity contribution in [3.05, 3.63) is 51.5 Å². The minimum atomic E-state index is -0.614. The standard InChI is InChI=1S/C23H29Cl2N3O4/c1-31-22-11-21(26)15(9-18(22)23(27)30)8-14-4-6-28(7-5-14)12-16(29)13-32-17-2-3-19(24)20(25)10-17/h2-3,9-11,14,16,29H,4-8,12-13,26H2,1H3,(H2,27,30). The van der Waals surface area contributed by atoms with Crippen molar-refractivity contribution in [3.63, 3.8) is 0 Å². The van der Waals surface area contributed by atoms with Gasteiger partial charge in [-0.1, -0.05) is 23.2 Å². The molecule has 3 rings (SSSR count). The topological polar surface area (TPSA) is 111 Å². The second-order valence-electron chi connectivity index (χ2n) is 8.10. The number of halogens is 2. The highest BCUT2D eigenvalue weighted by atomic mass is 35.5. The van der Waals surface area contributed by atoms with E-state index in [2.05, 4.69) is 4.90 Å². The number of nitrogen functional groups attached to an aromatic ring is 1. The maximum absolute atomic E-state index is 11.7. The number of carbonyl (C=O) groups excluding carboxylic acids is 1. The molecule has 0 aromatic heterocycles. The van der Waals surface area contributed by atoms with Crippen molar-refractivity contribution in [3.8, 4) is 11.5 Å². The van der Waals surface area contributed by atoms with Gasteiger partial charge in [0.2, 0.25) is 0 Å². The average Bonchev–Trinajstić information content (AvgIpc) is 2.76. The summed E-state index contributed by atoms with van der Waals surface area (Å²) in [6.07, 6.45) is 2.10. The third kappa shape index (κ3) is 6.42. The number of primary amides is 1. The van der Waals surface area contributed by atoms with Crippen molar-refractivity contribution in [2.45, 2.75) is 25.4 Å². The first kappa shape index (κ1) is 24.5. The number of anilines is 1. The maximum atomic E-state index is 11.7. The molecular weight excluding hydrogens is 453 g/mol. The van der Waals surface area contributed by atoms with E-state index in [4.69, 9.17) is 44.1 Å². The molecule has 0 radical (unpaired) electrons. The number of carbonyl (C=O) groups is 1. The molecule has 1 heterocycles. The van der Waals surface area contributed by atoms with E-state index < -0.39 is 12.0 Å². The van der Waals surface area contributed by atoms with Crippen LogP contribution in [0, 0.1) is 5.92 Å². The van der Waals surface area contributed by atoms with Crippen molar-refractivity contribution in [2.24, 2.45) is 11.7 Å². The Morgan fingerprint density at radius 3 is 2.56 bits per heavy atom. The molecule has 0 saturated carbocycles. The first-order valence-electron chi connectivity index (χ1n) is 10.5. The lowest BCUT2D eigenvalue weighted by Gasteiger charge is -2.33. The Bertz CT molecular complexity index is 949. The molecule has 2 aromatic rings. The summed E-state index contributed by atoms with van der Waals surface area (Å²) in [7, 11) is 1.49. The van der Waals surface area contributed by atoms with Gasteiger partial charge in [-0.2, -0.15) is 0 Å². The SMILES string of the molecule is COc1cc(N)c(CC2CCN(CC(O)COc3ccc(Cl)c(Cl)c3)CC2)cc1C(N)=O. The van der Waals surface area contributed by atoms with Crippen LogP contribution in [-0.4, -0.2) is 55.4 Å². The van der Waals surface area contributed by atoms with Gasteiger partial charge in [0, 0.05) is 24.4 Å². The largest absolute Gasteiger partial charge is 0.496 e. The number of hydrogen-bond donors (Lipinski definition) is 3. The van der Waals surface area contributed by atoms with E-state index in [-0.39, 0.29) is 6.61 Å². The Morgan fingerprint density at radius 1 is 1.22 bits per heavy atom.